The lowest BCUT2D eigenvalue weighted by atomic mass is 9.89. The third-order valence-electron chi connectivity index (χ3n) is 2.61. The quantitative estimate of drug-likeness (QED) is 0.339. The van der Waals surface area contributed by atoms with Crippen LogP contribution in [0.5, 0.6) is 0 Å². The van der Waals surface area contributed by atoms with Crippen LogP contribution in [0, 0.1) is 5.92 Å². The Morgan fingerprint density at radius 1 is 1.55 bits per heavy atom. The zero-order valence-corrected chi connectivity index (χ0v) is 6.31. The summed E-state index contributed by atoms with van der Waals surface area (Å²) in [4.78, 5) is 2.75. The zero-order valence-electron chi connectivity index (χ0n) is 6.31. The van der Waals surface area contributed by atoms with E-state index in [-0.39, 0.29) is 0 Å². The molecule has 2 heterocycles. The molecule has 60 valence electrons. The van der Waals surface area contributed by atoms with Crippen molar-refractivity contribution in [3.05, 3.63) is 10.4 Å². The van der Waals surface area contributed by atoms with Gasteiger partial charge in [-0.05, 0) is 30.7 Å². The van der Waals surface area contributed by atoms with Gasteiger partial charge in [-0.15, -0.1) is 0 Å². The van der Waals surface area contributed by atoms with Crippen molar-refractivity contribution in [2.24, 2.45) is 11.0 Å². The van der Waals surface area contributed by atoms with Gasteiger partial charge in [0.1, 0.15) is 0 Å². The van der Waals surface area contributed by atoms with Crippen LogP contribution in [0.1, 0.15) is 19.3 Å². The fourth-order valence-corrected chi connectivity index (χ4v) is 2.08. The SMILES string of the molecule is [N-]=[N+]=NCC1CC2CCC1O2. The first-order valence-corrected chi connectivity index (χ1v) is 4.06. The lowest BCUT2D eigenvalue weighted by molar-refractivity contribution is 0.0936. The van der Waals surface area contributed by atoms with Crippen LogP contribution in [0.4, 0.5) is 0 Å². The van der Waals surface area contributed by atoms with Crippen LogP contribution >= 0.6 is 0 Å². The van der Waals surface area contributed by atoms with E-state index in [4.69, 9.17) is 10.3 Å². The van der Waals surface area contributed by atoms with Gasteiger partial charge in [-0.2, -0.15) is 0 Å². The number of hydrogen-bond acceptors (Lipinski definition) is 2. The molecule has 0 aromatic heterocycles. The van der Waals surface area contributed by atoms with Crippen molar-refractivity contribution in [2.75, 3.05) is 6.54 Å². The van der Waals surface area contributed by atoms with Crippen LogP contribution in [0.25, 0.3) is 10.4 Å². The molecule has 0 saturated carbocycles. The van der Waals surface area contributed by atoms with Crippen LogP contribution in [0.15, 0.2) is 5.11 Å². The molecule has 2 fully saturated rings. The molecule has 0 aromatic carbocycles. The molecule has 0 aromatic rings. The highest BCUT2D eigenvalue weighted by Crippen LogP contribution is 2.38. The van der Waals surface area contributed by atoms with E-state index < -0.39 is 0 Å². The minimum Gasteiger partial charge on any atom is -0.375 e. The summed E-state index contributed by atoms with van der Waals surface area (Å²) >= 11 is 0. The maximum absolute atomic E-state index is 8.11. The zero-order chi connectivity index (χ0) is 7.68. The van der Waals surface area contributed by atoms with Gasteiger partial charge in [0, 0.05) is 11.5 Å². The molecule has 2 saturated heterocycles. The van der Waals surface area contributed by atoms with Crippen molar-refractivity contribution >= 4 is 0 Å². The van der Waals surface area contributed by atoms with Gasteiger partial charge in [-0.1, -0.05) is 5.11 Å². The summed E-state index contributed by atoms with van der Waals surface area (Å²) in [6.45, 7) is 0.623. The van der Waals surface area contributed by atoms with E-state index in [1.807, 2.05) is 0 Å². The molecule has 2 aliphatic heterocycles. The van der Waals surface area contributed by atoms with Crippen molar-refractivity contribution in [1.29, 1.82) is 0 Å². The molecule has 0 amide bonds. The van der Waals surface area contributed by atoms with Gasteiger partial charge in [-0.3, -0.25) is 0 Å². The first-order chi connectivity index (χ1) is 5.40. The highest BCUT2D eigenvalue weighted by Gasteiger charge is 2.39. The molecular formula is C7H11N3O. The molecule has 2 bridgehead atoms. The van der Waals surface area contributed by atoms with Crippen molar-refractivity contribution < 1.29 is 4.74 Å². The second kappa shape index (κ2) is 2.72. The lowest BCUT2D eigenvalue weighted by Crippen LogP contribution is -2.18. The van der Waals surface area contributed by atoms with Gasteiger partial charge in [0.15, 0.2) is 0 Å². The van der Waals surface area contributed by atoms with Crippen molar-refractivity contribution in [1.82, 2.24) is 0 Å². The van der Waals surface area contributed by atoms with E-state index in [1.54, 1.807) is 0 Å². The summed E-state index contributed by atoms with van der Waals surface area (Å²) in [7, 11) is 0. The van der Waals surface area contributed by atoms with Gasteiger partial charge in [-0.25, -0.2) is 0 Å². The number of azide groups is 1. The standard InChI is InChI=1S/C7H11N3O/c8-10-9-4-5-3-6-1-2-7(5)11-6/h5-7H,1-4H2. The van der Waals surface area contributed by atoms with Crippen LogP contribution in [-0.4, -0.2) is 18.8 Å². The second-order valence-corrected chi connectivity index (χ2v) is 3.28. The Balaban J connectivity index is 1.92. The molecule has 2 aliphatic rings. The Kier molecular flexibility index (Phi) is 1.72. The normalized spacial score (nSPS) is 40.5. The molecular weight excluding hydrogens is 142 g/mol. The van der Waals surface area contributed by atoms with E-state index in [0.717, 1.165) is 12.8 Å². The van der Waals surface area contributed by atoms with E-state index in [1.165, 1.54) is 6.42 Å². The van der Waals surface area contributed by atoms with Crippen molar-refractivity contribution in [3.8, 4) is 0 Å². The van der Waals surface area contributed by atoms with Crippen LogP contribution in [-0.2, 0) is 4.74 Å². The molecule has 4 nitrogen and oxygen atoms in total. The van der Waals surface area contributed by atoms with E-state index in [2.05, 4.69) is 10.0 Å². The molecule has 0 radical (unpaired) electrons. The second-order valence-electron chi connectivity index (χ2n) is 3.28. The van der Waals surface area contributed by atoms with Gasteiger partial charge in [0.2, 0.25) is 0 Å². The number of hydrogen-bond donors (Lipinski definition) is 0. The number of nitrogens with zero attached hydrogens (tertiary/aromatic N) is 3. The molecule has 2 rings (SSSR count). The molecule has 0 spiro atoms. The maximum Gasteiger partial charge on any atom is 0.0610 e. The maximum atomic E-state index is 8.11. The first kappa shape index (κ1) is 6.95. The topological polar surface area (TPSA) is 58.0 Å². The Hall–Kier alpha value is -0.730. The molecule has 4 heteroatoms. The van der Waals surface area contributed by atoms with Crippen LogP contribution in [0.2, 0.25) is 0 Å². The smallest absolute Gasteiger partial charge is 0.0610 e. The minimum atomic E-state index is 0.394. The summed E-state index contributed by atoms with van der Waals surface area (Å²) < 4.78 is 5.60. The Labute approximate surface area is 65.2 Å². The van der Waals surface area contributed by atoms with Crippen LogP contribution in [0.3, 0.4) is 0 Å². The highest BCUT2D eigenvalue weighted by molar-refractivity contribution is 4.90. The lowest BCUT2D eigenvalue weighted by Gasteiger charge is -2.14. The van der Waals surface area contributed by atoms with E-state index in [0.29, 0.717) is 24.7 Å². The highest BCUT2D eigenvalue weighted by atomic mass is 16.5. The molecule has 0 N–H and O–H groups in total. The largest absolute Gasteiger partial charge is 0.375 e. The molecule has 3 atom stereocenters. The first-order valence-electron chi connectivity index (χ1n) is 4.06. The Morgan fingerprint density at radius 3 is 3.00 bits per heavy atom. The Morgan fingerprint density at radius 2 is 2.45 bits per heavy atom. The van der Waals surface area contributed by atoms with Gasteiger partial charge in [0.05, 0.1) is 12.2 Å². The monoisotopic (exact) mass is 153 g/mol. The Bertz CT molecular complexity index is 200. The molecule has 11 heavy (non-hydrogen) atoms. The summed E-state index contributed by atoms with van der Waals surface area (Å²) in [5, 5.41) is 3.57. The summed E-state index contributed by atoms with van der Waals surface area (Å²) in [6.07, 6.45) is 4.33. The molecule has 3 unspecified atom stereocenters. The summed E-state index contributed by atoms with van der Waals surface area (Å²) in [6, 6.07) is 0. The molecule has 0 aliphatic carbocycles. The van der Waals surface area contributed by atoms with Crippen LogP contribution < -0.4 is 0 Å². The third kappa shape index (κ3) is 1.19. The predicted molar refractivity (Wildman–Crippen MR) is 40.0 cm³/mol. The van der Waals surface area contributed by atoms with Crippen molar-refractivity contribution in [2.45, 2.75) is 31.5 Å². The van der Waals surface area contributed by atoms with Crippen molar-refractivity contribution in [3.63, 3.8) is 0 Å². The average molecular weight is 153 g/mol. The minimum absolute atomic E-state index is 0.394. The fourth-order valence-electron chi connectivity index (χ4n) is 2.08. The number of fused-ring (bicyclic) bond motifs is 2. The van der Waals surface area contributed by atoms with E-state index in [9.17, 15) is 0 Å². The van der Waals surface area contributed by atoms with Gasteiger partial charge in [0.25, 0.3) is 0 Å². The number of rotatable bonds is 2. The van der Waals surface area contributed by atoms with E-state index >= 15 is 0 Å². The van der Waals surface area contributed by atoms with Gasteiger partial charge < -0.3 is 4.74 Å². The third-order valence-corrected chi connectivity index (χ3v) is 2.61. The average Bonchev–Trinajstić information content (AvgIpc) is 2.60. The predicted octanol–water partition coefficient (Wildman–Crippen LogP) is 1.86. The summed E-state index contributed by atoms with van der Waals surface area (Å²) in [5.74, 6) is 0.504. The fraction of sp³-hybridized carbons (Fsp3) is 1.00. The summed E-state index contributed by atoms with van der Waals surface area (Å²) in [5.41, 5.74) is 8.11. The van der Waals surface area contributed by atoms with Gasteiger partial charge >= 0.3 is 0 Å². The number of ether oxygens (including phenoxy) is 1.